The number of halogens is 1. The minimum absolute atomic E-state index is 0.228. The van der Waals surface area contributed by atoms with Gasteiger partial charge in [-0.15, -0.1) is 0 Å². The molecule has 0 aliphatic carbocycles. The molecule has 0 unspecified atom stereocenters. The Bertz CT molecular complexity index is 338. The third-order valence-electron chi connectivity index (χ3n) is 1.26. The molecule has 0 bridgehead atoms. The molecule has 0 atom stereocenters. The minimum atomic E-state index is 0.228. The second-order valence-corrected chi connectivity index (χ2v) is 3.30. The van der Waals surface area contributed by atoms with Crippen LogP contribution in [-0.4, -0.2) is 10.9 Å². The van der Waals surface area contributed by atoms with Crippen molar-refractivity contribution in [3.8, 4) is 17.6 Å². The van der Waals surface area contributed by atoms with E-state index in [-0.39, 0.29) is 5.75 Å². The summed E-state index contributed by atoms with van der Waals surface area (Å²) in [5.41, 5.74) is 0.869. The zero-order chi connectivity index (χ0) is 8.97. The Hall–Kier alpha value is -0.590. The van der Waals surface area contributed by atoms with Crippen molar-refractivity contribution in [3.05, 3.63) is 28.2 Å². The van der Waals surface area contributed by atoms with Crippen molar-refractivity contribution in [2.75, 3.05) is 5.75 Å². The fourth-order valence-electron chi connectivity index (χ4n) is 0.726. The van der Waals surface area contributed by atoms with E-state index in [1.165, 1.54) is 0 Å². The van der Waals surface area contributed by atoms with E-state index in [2.05, 4.69) is 40.4 Å². The number of benzene rings is 1. The molecule has 62 valence electrons. The Labute approximate surface area is 85.3 Å². The molecule has 0 amide bonds. The first-order valence-corrected chi connectivity index (χ1v) is 4.75. The van der Waals surface area contributed by atoms with Gasteiger partial charge in [-0.1, -0.05) is 11.8 Å². The summed E-state index contributed by atoms with van der Waals surface area (Å²) < 4.78 is 0.661. The zero-order valence-corrected chi connectivity index (χ0v) is 8.69. The third-order valence-corrected chi connectivity index (χ3v) is 2.05. The molecule has 1 aromatic carbocycles. The lowest BCUT2D eigenvalue weighted by atomic mass is 10.2. The number of phenols is 1. The van der Waals surface area contributed by atoms with E-state index in [4.69, 9.17) is 5.11 Å². The quantitative estimate of drug-likeness (QED) is 0.529. The molecular weight excluding hydrogens is 236 g/mol. The summed E-state index contributed by atoms with van der Waals surface area (Å²) in [6, 6.07) is 5.13. The third kappa shape index (κ3) is 2.47. The lowest BCUT2D eigenvalue weighted by Gasteiger charge is -1.95. The van der Waals surface area contributed by atoms with Gasteiger partial charge in [-0.2, -0.15) is 12.6 Å². The highest BCUT2D eigenvalue weighted by Crippen LogP contribution is 2.23. The maximum absolute atomic E-state index is 9.16. The van der Waals surface area contributed by atoms with Gasteiger partial charge in [-0.3, -0.25) is 0 Å². The van der Waals surface area contributed by atoms with E-state index in [1.807, 2.05) is 0 Å². The maximum Gasteiger partial charge on any atom is 0.129 e. The zero-order valence-electron chi connectivity index (χ0n) is 6.21. The van der Waals surface area contributed by atoms with Gasteiger partial charge < -0.3 is 5.11 Å². The Morgan fingerprint density at radius 1 is 1.50 bits per heavy atom. The summed E-state index contributed by atoms with van der Waals surface area (Å²) in [6.07, 6.45) is 0. The Kier molecular flexibility index (Phi) is 3.51. The maximum atomic E-state index is 9.16. The molecule has 0 radical (unpaired) electrons. The van der Waals surface area contributed by atoms with Crippen LogP contribution in [0.25, 0.3) is 0 Å². The lowest BCUT2D eigenvalue weighted by molar-refractivity contribution is 0.472. The molecule has 3 heteroatoms. The molecule has 1 nitrogen and oxygen atoms in total. The van der Waals surface area contributed by atoms with Gasteiger partial charge in [0.2, 0.25) is 0 Å². The van der Waals surface area contributed by atoms with E-state index in [0.717, 1.165) is 5.56 Å². The first-order chi connectivity index (χ1) is 5.74. The van der Waals surface area contributed by atoms with Crippen LogP contribution < -0.4 is 0 Å². The number of aromatic hydroxyl groups is 1. The Morgan fingerprint density at radius 2 is 2.25 bits per heavy atom. The average molecular weight is 243 g/mol. The van der Waals surface area contributed by atoms with Crippen LogP contribution in [0, 0.1) is 11.8 Å². The largest absolute Gasteiger partial charge is 0.507 e. The highest BCUT2D eigenvalue weighted by Gasteiger charge is 1.95. The second-order valence-electron chi connectivity index (χ2n) is 2.13. The predicted molar refractivity (Wildman–Crippen MR) is 56.5 cm³/mol. The Balaban J connectivity index is 2.97. The van der Waals surface area contributed by atoms with Gasteiger partial charge in [0, 0.05) is 5.56 Å². The molecule has 1 rings (SSSR count). The number of hydrogen-bond donors (Lipinski definition) is 2. The van der Waals surface area contributed by atoms with E-state index < -0.39 is 0 Å². The molecule has 0 aliphatic heterocycles. The summed E-state index contributed by atoms with van der Waals surface area (Å²) in [5, 5.41) is 9.16. The molecule has 0 saturated carbocycles. The van der Waals surface area contributed by atoms with E-state index in [9.17, 15) is 0 Å². The molecular formula is C9H7BrOS. The predicted octanol–water partition coefficient (Wildman–Crippen LogP) is 2.44. The highest BCUT2D eigenvalue weighted by atomic mass is 79.9. The van der Waals surface area contributed by atoms with E-state index >= 15 is 0 Å². The molecule has 0 aromatic heterocycles. The second kappa shape index (κ2) is 4.44. The molecule has 1 aromatic rings. The first kappa shape index (κ1) is 9.50. The number of rotatable bonds is 0. The molecule has 1 N–H and O–H groups in total. The molecule has 0 heterocycles. The van der Waals surface area contributed by atoms with Crippen LogP contribution in [0.1, 0.15) is 5.56 Å². The number of phenolic OH excluding ortho intramolecular Hbond substituents is 1. The number of thiol groups is 1. The normalized spacial score (nSPS) is 8.83. The smallest absolute Gasteiger partial charge is 0.129 e. The monoisotopic (exact) mass is 242 g/mol. The van der Waals surface area contributed by atoms with Gasteiger partial charge in [-0.25, -0.2) is 0 Å². The van der Waals surface area contributed by atoms with Gasteiger partial charge >= 0.3 is 0 Å². The van der Waals surface area contributed by atoms with Crippen molar-refractivity contribution < 1.29 is 5.11 Å². The van der Waals surface area contributed by atoms with Crippen molar-refractivity contribution in [1.82, 2.24) is 0 Å². The minimum Gasteiger partial charge on any atom is -0.507 e. The summed E-state index contributed by atoms with van der Waals surface area (Å²) >= 11 is 7.16. The fourth-order valence-corrected chi connectivity index (χ4v) is 1.18. The fraction of sp³-hybridized carbons (Fsp3) is 0.111. The SMILES string of the molecule is Oc1ccc(C#CCS)cc1Br. The molecule has 0 fully saturated rings. The van der Waals surface area contributed by atoms with Gasteiger partial charge in [0.05, 0.1) is 10.2 Å². The van der Waals surface area contributed by atoms with Crippen LogP contribution in [-0.2, 0) is 0 Å². The summed E-state index contributed by atoms with van der Waals surface area (Å²) in [4.78, 5) is 0. The van der Waals surface area contributed by atoms with Crippen LogP contribution in [0.3, 0.4) is 0 Å². The average Bonchev–Trinajstić information content (AvgIpc) is 2.07. The van der Waals surface area contributed by atoms with Crippen LogP contribution in [0.5, 0.6) is 5.75 Å². The van der Waals surface area contributed by atoms with Crippen LogP contribution in [0.15, 0.2) is 22.7 Å². The van der Waals surface area contributed by atoms with Crippen molar-refractivity contribution in [3.63, 3.8) is 0 Å². The summed E-state index contributed by atoms with van der Waals surface area (Å²) in [7, 11) is 0. The molecule has 0 aliphatic rings. The van der Waals surface area contributed by atoms with Gasteiger partial charge in [0.25, 0.3) is 0 Å². The Morgan fingerprint density at radius 3 is 2.83 bits per heavy atom. The van der Waals surface area contributed by atoms with Gasteiger partial charge in [-0.05, 0) is 34.1 Å². The highest BCUT2D eigenvalue weighted by molar-refractivity contribution is 9.10. The van der Waals surface area contributed by atoms with Crippen molar-refractivity contribution >= 4 is 28.6 Å². The molecule has 0 saturated heterocycles. The molecule has 12 heavy (non-hydrogen) atoms. The van der Waals surface area contributed by atoms with Gasteiger partial charge in [0.15, 0.2) is 0 Å². The molecule has 0 spiro atoms. The van der Waals surface area contributed by atoms with Crippen molar-refractivity contribution in [2.45, 2.75) is 0 Å². The van der Waals surface area contributed by atoms with Crippen LogP contribution in [0.4, 0.5) is 0 Å². The number of hydrogen-bond acceptors (Lipinski definition) is 2. The van der Waals surface area contributed by atoms with Crippen molar-refractivity contribution in [1.29, 1.82) is 0 Å². The van der Waals surface area contributed by atoms with E-state index in [1.54, 1.807) is 18.2 Å². The summed E-state index contributed by atoms with van der Waals surface area (Å²) in [6.45, 7) is 0. The summed E-state index contributed by atoms with van der Waals surface area (Å²) in [5.74, 6) is 6.49. The van der Waals surface area contributed by atoms with Crippen molar-refractivity contribution in [2.24, 2.45) is 0 Å². The van der Waals surface area contributed by atoms with E-state index in [0.29, 0.717) is 10.2 Å². The standard InChI is InChI=1S/C9H7BrOS/c10-8-6-7(2-1-5-12)3-4-9(8)11/h3-4,6,11-12H,5H2. The topological polar surface area (TPSA) is 20.2 Å². The van der Waals surface area contributed by atoms with Crippen LogP contribution >= 0.6 is 28.6 Å². The van der Waals surface area contributed by atoms with Gasteiger partial charge in [0.1, 0.15) is 5.75 Å². The lowest BCUT2D eigenvalue weighted by Crippen LogP contribution is -1.75. The first-order valence-electron chi connectivity index (χ1n) is 3.32. The van der Waals surface area contributed by atoms with Crippen LogP contribution in [0.2, 0.25) is 0 Å².